The zero-order chi connectivity index (χ0) is 13.7. The van der Waals surface area contributed by atoms with Crippen LogP contribution in [0.5, 0.6) is 0 Å². The van der Waals surface area contributed by atoms with Gasteiger partial charge in [-0.1, -0.05) is 30.4 Å². The average Bonchev–Trinajstić information content (AvgIpc) is 2.42. The second kappa shape index (κ2) is 5.68. The van der Waals surface area contributed by atoms with Gasteiger partial charge in [0, 0.05) is 12.2 Å². The van der Waals surface area contributed by atoms with Crippen molar-refractivity contribution in [2.24, 2.45) is 5.10 Å². The molecule has 0 atom stereocenters. The number of nitrogens with zero attached hydrogens (tertiary/aromatic N) is 2. The lowest BCUT2D eigenvalue weighted by atomic mass is 10.3. The van der Waals surface area contributed by atoms with Crippen LogP contribution >= 0.6 is 0 Å². The Morgan fingerprint density at radius 2 is 2.05 bits per heavy atom. The van der Waals surface area contributed by atoms with Crippen LogP contribution in [0.4, 0.5) is 0 Å². The van der Waals surface area contributed by atoms with E-state index in [-0.39, 0.29) is 11.4 Å². The zero-order valence-electron chi connectivity index (χ0n) is 9.93. The fourth-order valence-corrected chi connectivity index (χ4v) is 2.25. The molecule has 0 aromatic heterocycles. The van der Waals surface area contributed by atoms with Crippen LogP contribution in [-0.2, 0) is 10.0 Å². The molecule has 0 radical (unpaired) electrons. The minimum atomic E-state index is -3.69. The summed E-state index contributed by atoms with van der Waals surface area (Å²) in [6.07, 6.45) is 6.13. The van der Waals surface area contributed by atoms with Crippen molar-refractivity contribution >= 4 is 16.2 Å². The van der Waals surface area contributed by atoms with Crippen molar-refractivity contribution in [3.63, 3.8) is 0 Å². The number of rotatable bonds is 4. The number of allylic oxidation sites excluding steroid dienone is 3. The first-order valence-corrected chi connectivity index (χ1v) is 6.99. The van der Waals surface area contributed by atoms with E-state index in [0.717, 1.165) is 0 Å². The molecule has 7 heteroatoms. The number of hydrogen-bond acceptors (Lipinski definition) is 5. The predicted molar refractivity (Wildman–Crippen MR) is 72.6 cm³/mol. The summed E-state index contributed by atoms with van der Waals surface area (Å²) in [6.45, 7) is 0.225. The molecule has 1 aliphatic heterocycles. The molecule has 1 aliphatic rings. The molecule has 1 heterocycles. The number of hydroxylamine groups is 2. The molecule has 1 N–H and O–H groups in total. The smallest absolute Gasteiger partial charge is 0.276 e. The van der Waals surface area contributed by atoms with Crippen LogP contribution in [0.25, 0.3) is 0 Å². The Morgan fingerprint density at radius 3 is 2.74 bits per heavy atom. The van der Waals surface area contributed by atoms with Crippen molar-refractivity contribution in [1.82, 2.24) is 9.89 Å². The molecule has 0 amide bonds. The molecular formula is C12H12N3O3S-. The summed E-state index contributed by atoms with van der Waals surface area (Å²) in [6, 6.07) is 7.87. The number of hydrogen-bond donors (Lipinski definition) is 1. The fourth-order valence-electron chi connectivity index (χ4n) is 1.43. The summed E-state index contributed by atoms with van der Waals surface area (Å²) in [7, 11) is -3.69. The van der Waals surface area contributed by atoms with E-state index in [1.807, 2.05) is 0 Å². The van der Waals surface area contributed by atoms with Crippen LogP contribution in [0.3, 0.4) is 0 Å². The standard InChI is InChI=1S/C12H12N3O3S/c16-15-9-5-4-6-11(15)10-13-14-19(17,18)12-7-2-1-3-8-12/h1-8,10,14H,9H2/q-1. The van der Waals surface area contributed by atoms with Gasteiger partial charge in [0.1, 0.15) is 0 Å². The van der Waals surface area contributed by atoms with Crippen molar-refractivity contribution in [2.75, 3.05) is 6.54 Å². The zero-order valence-corrected chi connectivity index (χ0v) is 10.7. The van der Waals surface area contributed by atoms with Crippen molar-refractivity contribution in [3.05, 3.63) is 59.5 Å². The molecule has 0 aliphatic carbocycles. The average molecular weight is 278 g/mol. The van der Waals surface area contributed by atoms with Gasteiger partial charge in [-0.15, -0.1) is 0 Å². The minimum absolute atomic E-state index is 0.114. The minimum Gasteiger partial charge on any atom is -0.758 e. The Kier molecular flexibility index (Phi) is 3.98. The number of nitrogens with one attached hydrogen (secondary N) is 1. The Labute approximate surface area is 111 Å². The SMILES string of the molecule is O=S(=O)(NN=CC1=CC=CCN1[O-])c1ccccc1. The normalized spacial score (nSPS) is 15.6. The molecule has 1 aromatic rings. The lowest BCUT2D eigenvalue weighted by molar-refractivity contribution is 0.541. The van der Waals surface area contributed by atoms with Gasteiger partial charge in [-0.25, -0.2) is 4.83 Å². The number of sulfonamides is 1. The Hall–Kier alpha value is -2.12. The molecule has 0 spiro atoms. The summed E-state index contributed by atoms with van der Waals surface area (Å²) < 4.78 is 23.6. The first-order valence-electron chi connectivity index (χ1n) is 5.51. The quantitative estimate of drug-likeness (QED) is 0.662. The molecule has 2 rings (SSSR count). The molecule has 6 nitrogen and oxygen atoms in total. The van der Waals surface area contributed by atoms with E-state index in [9.17, 15) is 13.6 Å². The monoisotopic (exact) mass is 278 g/mol. The molecule has 19 heavy (non-hydrogen) atoms. The van der Waals surface area contributed by atoms with Crippen molar-refractivity contribution in [1.29, 1.82) is 0 Å². The third-order valence-corrected chi connectivity index (χ3v) is 3.62. The highest BCUT2D eigenvalue weighted by Gasteiger charge is 2.11. The van der Waals surface area contributed by atoms with Crippen LogP contribution in [0, 0.1) is 5.21 Å². The topological polar surface area (TPSA) is 84.8 Å². The van der Waals surface area contributed by atoms with Crippen LogP contribution in [-0.4, -0.2) is 26.2 Å². The third-order valence-electron chi connectivity index (χ3n) is 2.39. The maximum absolute atomic E-state index is 11.8. The van der Waals surface area contributed by atoms with E-state index >= 15 is 0 Å². The predicted octanol–water partition coefficient (Wildman–Crippen LogP) is 1.20. The number of benzene rings is 1. The molecule has 0 unspecified atom stereocenters. The Balaban J connectivity index is 2.06. The third kappa shape index (κ3) is 3.43. The Bertz CT molecular complexity index is 621. The summed E-state index contributed by atoms with van der Waals surface area (Å²) in [5.74, 6) is 0. The van der Waals surface area contributed by atoms with Crippen LogP contribution in [0.1, 0.15) is 0 Å². The van der Waals surface area contributed by atoms with Crippen molar-refractivity contribution in [2.45, 2.75) is 4.90 Å². The maximum Gasteiger partial charge on any atom is 0.276 e. The van der Waals surface area contributed by atoms with Gasteiger partial charge in [0.2, 0.25) is 0 Å². The molecule has 1 aromatic carbocycles. The van der Waals surface area contributed by atoms with E-state index in [4.69, 9.17) is 0 Å². The van der Waals surface area contributed by atoms with E-state index < -0.39 is 10.0 Å². The first-order chi connectivity index (χ1) is 9.09. The lowest BCUT2D eigenvalue weighted by Crippen LogP contribution is -2.22. The highest BCUT2D eigenvalue weighted by molar-refractivity contribution is 7.89. The summed E-state index contributed by atoms with van der Waals surface area (Å²) in [5, 5.41) is 15.6. The number of hydrazone groups is 1. The molecule has 0 saturated carbocycles. The van der Waals surface area contributed by atoms with Gasteiger partial charge in [-0.05, 0) is 18.2 Å². The van der Waals surface area contributed by atoms with E-state index in [1.54, 1.807) is 36.4 Å². The molecule has 0 bridgehead atoms. The van der Waals surface area contributed by atoms with Crippen LogP contribution in [0.2, 0.25) is 0 Å². The van der Waals surface area contributed by atoms with Gasteiger partial charge in [-0.2, -0.15) is 13.5 Å². The molecule has 0 saturated heterocycles. The summed E-state index contributed by atoms with van der Waals surface area (Å²) in [5.41, 5.74) is 0.290. The van der Waals surface area contributed by atoms with E-state index in [0.29, 0.717) is 10.8 Å². The second-order valence-corrected chi connectivity index (χ2v) is 5.41. The fraction of sp³-hybridized carbons (Fsp3) is 0.0833. The van der Waals surface area contributed by atoms with Gasteiger partial charge in [0.05, 0.1) is 11.1 Å². The Morgan fingerprint density at radius 1 is 1.32 bits per heavy atom. The van der Waals surface area contributed by atoms with Gasteiger partial charge in [-0.3, -0.25) is 0 Å². The van der Waals surface area contributed by atoms with Crippen LogP contribution in [0.15, 0.2) is 64.3 Å². The van der Waals surface area contributed by atoms with Crippen molar-refractivity contribution in [3.8, 4) is 0 Å². The van der Waals surface area contributed by atoms with Crippen molar-refractivity contribution < 1.29 is 8.42 Å². The molecule has 100 valence electrons. The van der Waals surface area contributed by atoms with Gasteiger partial charge in [0.25, 0.3) is 10.0 Å². The van der Waals surface area contributed by atoms with Gasteiger partial charge in [0.15, 0.2) is 0 Å². The highest BCUT2D eigenvalue weighted by atomic mass is 32.2. The summed E-state index contributed by atoms with van der Waals surface area (Å²) in [4.78, 5) is 2.17. The van der Waals surface area contributed by atoms with Crippen LogP contribution < -0.4 is 4.83 Å². The largest absolute Gasteiger partial charge is 0.758 e. The molecule has 0 fully saturated rings. The van der Waals surface area contributed by atoms with Gasteiger partial charge < -0.3 is 10.3 Å². The van der Waals surface area contributed by atoms with E-state index in [2.05, 4.69) is 9.93 Å². The lowest BCUT2D eigenvalue weighted by Gasteiger charge is -2.31. The van der Waals surface area contributed by atoms with E-state index in [1.165, 1.54) is 18.3 Å². The van der Waals surface area contributed by atoms with Gasteiger partial charge >= 0.3 is 0 Å². The highest BCUT2D eigenvalue weighted by Crippen LogP contribution is 2.08. The maximum atomic E-state index is 11.8. The molecular weight excluding hydrogens is 266 g/mol. The summed E-state index contributed by atoms with van der Waals surface area (Å²) >= 11 is 0. The second-order valence-electron chi connectivity index (χ2n) is 3.75. The first kappa shape index (κ1) is 13.3.